The predicted molar refractivity (Wildman–Crippen MR) is 117 cm³/mol. The highest BCUT2D eigenvalue weighted by Crippen LogP contribution is 2.29. The van der Waals surface area contributed by atoms with Crippen molar-refractivity contribution in [2.24, 2.45) is 0 Å². The fraction of sp³-hybridized carbons (Fsp3) is 0.476. The maximum atomic E-state index is 12.4. The molecule has 0 spiro atoms. The molecule has 1 aromatic heterocycles. The van der Waals surface area contributed by atoms with E-state index in [1.807, 2.05) is 33.8 Å². The van der Waals surface area contributed by atoms with E-state index >= 15 is 0 Å². The van der Waals surface area contributed by atoms with Gasteiger partial charge in [0.25, 0.3) is 0 Å². The van der Waals surface area contributed by atoms with Gasteiger partial charge in [0, 0.05) is 30.1 Å². The molecular formula is C21H28N4O4S. The summed E-state index contributed by atoms with van der Waals surface area (Å²) in [5.41, 5.74) is 1.10. The molecule has 162 valence electrons. The molecule has 1 atom stereocenters. The van der Waals surface area contributed by atoms with Crippen LogP contribution in [0.1, 0.15) is 39.2 Å². The lowest BCUT2D eigenvalue weighted by Crippen LogP contribution is -2.51. The van der Waals surface area contributed by atoms with E-state index < -0.39 is 5.60 Å². The minimum atomic E-state index is -0.548. The molecule has 3 N–H and O–H groups in total. The molecule has 2 aromatic rings. The summed E-state index contributed by atoms with van der Waals surface area (Å²) in [6.07, 6.45) is 1.23. The van der Waals surface area contributed by atoms with Crippen molar-refractivity contribution < 1.29 is 19.4 Å². The van der Waals surface area contributed by atoms with Crippen molar-refractivity contribution in [2.45, 2.75) is 52.2 Å². The Labute approximate surface area is 180 Å². The summed E-state index contributed by atoms with van der Waals surface area (Å²) >= 11 is 1.41. The number of carbonyl (C=O) groups is 2. The number of nitrogens with one attached hydrogen (secondary N) is 2. The zero-order chi connectivity index (χ0) is 21.9. The first-order valence-corrected chi connectivity index (χ1v) is 10.8. The summed E-state index contributed by atoms with van der Waals surface area (Å²) in [6.45, 7) is 8.36. The summed E-state index contributed by atoms with van der Waals surface area (Å²) in [4.78, 5) is 30.8. The van der Waals surface area contributed by atoms with Gasteiger partial charge in [-0.3, -0.25) is 5.32 Å². The number of rotatable bonds is 3. The number of phenols is 1. The molecule has 1 aliphatic rings. The van der Waals surface area contributed by atoms with Crippen molar-refractivity contribution in [1.29, 1.82) is 0 Å². The standard InChI is InChI=1S/C21H28N4O4S/c1-13-10-14(7-8-16(13)26)18-23-17(12-30-18)24-19(27)22-15-6-5-9-25(11-15)20(28)29-21(2,3)4/h7-8,10,12,15,26H,5-6,9,11H2,1-4H3,(H2,22,24,27)/t15-/m0/s1. The fourth-order valence-electron chi connectivity index (χ4n) is 3.18. The van der Waals surface area contributed by atoms with E-state index in [4.69, 9.17) is 4.74 Å². The summed E-state index contributed by atoms with van der Waals surface area (Å²) in [7, 11) is 0. The topological polar surface area (TPSA) is 104 Å². The summed E-state index contributed by atoms with van der Waals surface area (Å²) in [5, 5.41) is 17.9. The second-order valence-corrected chi connectivity index (χ2v) is 9.26. The Balaban J connectivity index is 1.55. The Morgan fingerprint density at radius 1 is 1.33 bits per heavy atom. The monoisotopic (exact) mass is 432 g/mol. The Hall–Kier alpha value is -2.81. The maximum Gasteiger partial charge on any atom is 0.410 e. The third-order valence-corrected chi connectivity index (χ3v) is 5.49. The highest BCUT2D eigenvalue weighted by Gasteiger charge is 2.28. The largest absolute Gasteiger partial charge is 0.508 e. The molecule has 1 saturated heterocycles. The number of urea groups is 1. The van der Waals surface area contributed by atoms with Crippen LogP contribution in [0.15, 0.2) is 23.6 Å². The van der Waals surface area contributed by atoms with Crippen molar-refractivity contribution in [3.8, 4) is 16.3 Å². The van der Waals surface area contributed by atoms with E-state index in [9.17, 15) is 14.7 Å². The number of aryl methyl sites for hydroxylation is 1. The molecule has 9 heteroatoms. The van der Waals surface area contributed by atoms with Crippen molar-refractivity contribution >= 4 is 29.3 Å². The molecule has 0 saturated carbocycles. The number of hydrogen-bond donors (Lipinski definition) is 3. The van der Waals surface area contributed by atoms with Crippen LogP contribution in [0, 0.1) is 6.92 Å². The molecule has 1 fully saturated rings. The average Bonchev–Trinajstić information content (AvgIpc) is 3.11. The second kappa shape index (κ2) is 8.91. The van der Waals surface area contributed by atoms with Crippen LogP contribution in [0.25, 0.3) is 10.6 Å². The van der Waals surface area contributed by atoms with Gasteiger partial charge < -0.3 is 20.1 Å². The third kappa shape index (κ3) is 5.85. The number of thiazole rings is 1. The molecule has 2 heterocycles. The number of amides is 3. The number of hydrogen-bond acceptors (Lipinski definition) is 6. The quantitative estimate of drug-likeness (QED) is 0.669. The molecule has 0 aliphatic carbocycles. The van der Waals surface area contributed by atoms with Crippen molar-refractivity contribution in [3.05, 3.63) is 29.1 Å². The molecule has 0 radical (unpaired) electrons. The normalized spacial score (nSPS) is 16.8. The van der Waals surface area contributed by atoms with Crippen LogP contribution in [0.5, 0.6) is 5.75 Å². The molecule has 1 aromatic carbocycles. The van der Waals surface area contributed by atoms with E-state index in [2.05, 4.69) is 15.6 Å². The van der Waals surface area contributed by atoms with Crippen molar-refractivity contribution in [1.82, 2.24) is 15.2 Å². The first-order chi connectivity index (χ1) is 14.1. The number of piperidine rings is 1. The molecule has 30 heavy (non-hydrogen) atoms. The van der Waals surface area contributed by atoms with Crippen LogP contribution in [-0.4, -0.2) is 51.8 Å². The molecule has 1 aliphatic heterocycles. The Bertz CT molecular complexity index is 922. The molecule has 8 nitrogen and oxygen atoms in total. The van der Waals surface area contributed by atoms with Gasteiger partial charge in [-0.25, -0.2) is 14.6 Å². The average molecular weight is 433 g/mol. The molecule has 0 bridgehead atoms. The van der Waals surface area contributed by atoms with Gasteiger partial charge in [-0.05, 0) is 64.3 Å². The van der Waals surface area contributed by atoms with Crippen LogP contribution in [0.3, 0.4) is 0 Å². The number of benzene rings is 1. The van der Waals surface area contributed by atoms with E-state index in [0.717, 1.165) is 29.0 Å². The third-order valence-electron chi connectivity index (χ3n) is 4.60. The van der Waals surface area contributed by atoms with Crippen LogP contribution < -0.4 is 10.6 Å². The maximum absolute atomic E-state index is 12.4. The van der Waals surface area contributed by atoms with Gasteiger partial charge in [-0.15, -0.1) is 11.3 Å². The highest BCUT2D eigenvalue weighted by atomic mass is 32.1. The molecule has 0 unspecified atom stereocenters. The number of nitrogens with zero attached hydrogens (tertiary/aromatic N) is 2. The zero-order valence-electron chi connectivity index (χ0n) is 17.7. The van der Waals surface area contributed by atoms with E-state index in [1.54, 1.807) is 22.4 Å². The molecule has 3 rings (SSSR count). The van der Waals surface area contributed by atoms with Crippen molar-refractivity contribution in [3.63, 3.8) is 0 Å². The molecular weight excluding hydrogens is 404 g/mol. The fourth-order valence-corrected chi connectivity index (χ4v) is 3.93. The summed E-state index contributed by atoms with van der Waals surface area (Å²) < 4.78 is 5.42. The zero-order valence-corrected chi connectivity index (χ0v) is 18.5. The Morgan fingerprint density at radius 2 is 2.10 bits per heavy atom. The van der Waals surface area contributed by atoms with Gasteiger partial charge in [-0.1, -0.05) is 0 Å². The van der Waals surface area contributed by atoms with Crippen LogP contribution in [0.2, 0.25) is 0 Å². The summed E-state index contributed by atoms with van der Waals surface area (Å²) in [5.74, 6) is 0.693. The lowest BCUT2D eigenvalue weighted by Gasteiger charge is -2.34. The first kappa shape index (κ1) is 21.9. The van der Waals surface area contributed by atoms with Gasteiger partial charge in [0.15, 0.2) is 0 Å². The highest BCUT2D eigenvalue weighted by molar-refractivity contribution is 7.13. The Kier molecular flexibility index (Phi) is 6.50. The Morgan fingerprint density at radius 3 is 2.80 bits per heavy atom. The lowest BCUT2D eigenvalue weighted by molar-refractivity contribution is 0.0191. The second-order valence-electron chi connectivity index (χ2n) is 8.40. The predicted octanol–water partition coefficient (Wildman–Crippen LogP) is 4.35. The molecule has 3 amide bonds. The van der Waals surface area contributed by atoms with Gasteiger partial charge in [-0.2, -0.15) is 0 Å². The van der Waals surface area contributed by atoms with Gasteiger partial charge in [0.05, 0.1) is 0 Å². The van der Waals surface area contributed by atoms with Crippen LogP contribution in [-0.2, 0) is 4.74 Å². The summed E-state index contributed by atoms with van der Waals surface area (Å²) in [6, 6.07) is 4.77. The first-order valence-electron chi connectivity index (χ1n) is 9.92. The van der Waals surface area contributed by atoms with Gasteiger partial charge in [0.2, 0.25) is 0 Å². The minimum absolute atomic E-state index is 0.149. The van der Waals surface area contributed by atoms with Gasteiger partial charge in [0.1, 0.15) is 22.2 Å². The number of likely N-dealkylation sites (tertiary alicyclic amines) is 1. The van der Waals surface area contributed by atoms with E-state index in [1.165, 1.54) is 11.3 Å². The lowest BCUT2D eigenvalue weighted by atomic mass is 10.1. The van der Waals surface area contributed by atoms with E-state index in [-0.39, 0.29) is 23.9 Å². The number of aromatic hydroxyl groups is 1. The van der Waals surface area contributed by atoms with Crippen molar-refractivity contribution in [2.75, 3.05) is 18.4 Å². The smallest absolute Gasteiger partial charge is 0.410 e. The number of carbonyl (C=O) groups excluding carboxylic acids is 2. The van der Waals surface area contributed by atoms with Crippen LogP contribution in [0.4, 0.5) is 15.4 Å². The number of ether oxygens (including phenoxy) is 1. The number of aromatic nitrogens is 1. The number of anilines is 1. The van der Waals surface area contributed by atoms with E-state index in [0.29, 0.717) is 18.9 Å². The minimum Gasteiger partial charge on any atom is -0.508 e. The number of phenolic OH excluding ortho intramolecular Hbond substituents is 1. The van der Waals surface area contributed by atoms with Crippen LogP contribution >= 0.6 is 11.3 Å². The SMILES string of the molecule is Cc1cc(-c2nc(NC(=O)N[C@H]3CCCN(C(=O)OC(C)(C)C)C3)cs2)ccc1O. The van der Waals surface area contributed by atoms with Gasteiger partial charge >= 0.3 is 12.1 Å².